The van der Waals surface area contributed by atoms with E-state index in [0.717, 1.165) is 12.1 Å². The summed E-state index contributed by atoms with van der Waals surface area (Å²) >= 11 is 5.06. The monoisotopic (exact) mass is 174 g/mol. The Balaban J connectivity index is 3.15. The molecule has 2 nitrogen and oxygen atoms in total. The van der Waals surface area contributed by atoms with Crippen molar-refractivity contribution < 1.29 is 14.3 Å². The van der Waals surface area contributed by atoms with Crippen LogP contribution in [0.5, 0.6) is 5.75 Å². The first kappa shape index (κ1) is 8.01. The number of halogens is 2. The van der Waals surface area contributed by atoms with Crippen LogP contribution in [-0.4, -0.2) is 10.3 Å². The van der Waals surface area contributed by atoms with E-state index in [4.69, 9.17) is 16.7 Å². The minimum Gasteiger partial charge on any atom is -0.505 e. The van der Waals surface area contributed by atoms with E-state index >= 15 is 0 Å². The van der Waals surface area contributed by atoms with E-state index in [-0.39, 0.29) is 5.56 Å². The lowest BCUT2D eigenvalue weighted by Crippen LogP contribution is -1.88. The topological polar surface area (TPSA) is 37.3 Å². The Hall–Kier alpha value is -1.09. The maximum atomic E-state index is 12.4. The van der Waals surface area contributed by atoms with E-state index in [2.05, 4.69) is 0 Å². The largest absolute Gasteiger partial charge is 0.505 e. The number of hydrogen-bond acceptors (Lipinski definition) is 2. The van der Waals surface area contributed by atoms with Crippen LogP contribution in [0.4, 0.5) is 4.39 Å². The summed E-state index contributed by atoms with van der Waals surface area (Å²) in [5, 5.41) is 8.04. The number of carbonyl (C=O) groups is 1. The Morgan fingerprint density at radius 2 is 2.18 bits per heavy atom. The fraction of sp³-hybridized carbons (Fsp3) is 0. The first-order valence-electron chi connectivity index (χ1n) is 2.79. The first-order valence-corrected chi connectivity index (χ1v) is 3.17. The molecule has 0 saturated heterocycles. The summed E-state index contributed by atoms with van der Waals surface area (Å²) in [6, 6.07) is 3.15. The van der Waals surface area contributed by atoms with Crippen LogP contribution in [0.2, 0.25) is 0 Å². The number of phenolic OH excluding ortho intramolecular Hbond substituents is 1. The van der Waals surface area contributed by atoms with Crippen molar-refractivity contribution in [1.82, 2.24) is 0 Å². The van der Waals surface area contributed by atoms with Gasteiger partial charge in [-0.05, 0) is 29.8 Å². The standard InChI is InChI=1S/C7H4ClFO2/c8-7(11)4-1-2-5(9)6(10)3-4/h1-3,10H. The molecule has 1 aromatic carbocycles. The zero-order valence-electron chi connectivity index (χ0n) is 5.34. The van der Waals surface area contributed by atoms with Gasteiger partial charge in [0.1, 0.15) is 0 Å². The van der Waals surface area contributed by atoms with Crippen molar-refractivity contribution in [2.45, 2.75) is 0 Å². The van der Waals surface area contributed by atoms with Gasteiger partial charge >= 0.3 is 0 Å². The second-order valence-electron chi connectivity index (χ2n) is 1.94. The van der Waals surface area contributed by atoms with Crippen molar-refractivity contribution in [3.63, 3.8) is 0 Å². The van der Waals surface area contributed by atoms with Crippen molar-refractivity contribution >= 4 is 16.8 Å². The van der Waals surface area contributed by atoms with Gasteiger partial charge in [0.25, 0.3) is 5.24 Å². The van der Waals surface area contributed by atoms with Gasteiger partial charge in [0, 0.05) is 5.56 Å². The summed E-state index contributed by atoms with van der Waals surface area (Å²) in [7, 11) is 0. The summed E-state index contributed by atoms with van der Waals surface area (Å²) < 4.78 is 12.4. The number of carbonyl (C=O) groups excluding carboxylic acids is 1. The van der Waals surface area contributed by atoms with E-state index in [9.17, 15) is 9.18 Å². The van der Waals surface area contributed by atoms with E-state index < -0.39 is 16.8 Å². The van der Waals surface area contributed by atoms with E-state index in [1.54, 1.807) is 0 Å². The van der Waals surface area contributed by atoms with Gasteiger partial charge in [0.2, 0.25) is 0 Å². The van der Waals surface area contributed by atoms with E-state index in [1.807, 2.05) is 0 Å². The molecule has 58 valence electrons. The van der Waals surface area contributed by atoms with Gasteiger partial charge in [-0.15, -0.1) is 0 Å². The molecular formula is C7H4ClFO2. The van der Waals surface area contributed by atoms with Crippen molar-refractivity contribution in [2.24, 2.45) is 0 Å². The summed E-state index contributed by atoms with van der Waals surface area (Å²) in [4.78, 5) is 10.4. The Bertz CT molecular complexity index is 298. The van der Waals surface area contributed by atoms with Crippen molar-refractivity contribution in [2.75, 3.05) is 0 Å². The Morgan fingerprint density at radius 3 is 2.64 bits per heavy atom. The summed E-state index contributed by atoms with van der Waals surface area (Å²) in [5.74, 6) is -1.34. The van der Waals surface area contributed by atoms with Crippen molar-refractivity contribution in [3.05, 3.63) is 29.6 Å². The average molecular weight is 175 g/mol. The van der Waals surface area contributed by atoms with Crippen LogP contribution in [0.25, 0.3) is 0 Å². The number of benzene rings is 1. The molecule has 0 aliphatic heterocycles. The molecule has 0 aliphatic rings. The number of hydrogen-bond donors (Lipinski definition) is 1. The molecular weight excluding hydrogens is 171 g/mol. The molecule has 0 aliphatic carbocycles. The van der Waals surface area contributed by atoms with Crippen molar-refractivity contribution in [1.29, 1.82) is 0 Å². The molecule has 0 unspecified atom stereocenters. The highest BCUT2D eigenvalue weighted by Crippen LogP contribution is 2.17. The molecule has 0 saturated carbocycles. The maximum absolute atomic E-state index is 12.4. The third-order valence-corrected chi connectivity index (χ3v) is 1.39. The molecule has 1 rings (SSSR count). The third kappa shape index (κ3) is 1.68. The molecule has 0 fully saturated rings. The SMILES string of the molecule is O=C(Cl)c1ccc(F)c(O)c1. The minimum atomic E-state index is -0.772. The maximum Gasteiger partial charge on any atom is 0.252 e. The fourth-order valence-corrected chi connectivity index (χ4v) is 0.752. The van der Waals surface area contributed by atoms with Gasteiger partial charge < -0.3 is 5.11 Å². The van der Waals surface area contributed by atoms with E-state index in [1.165, 1.54) is 6.07 Å². The average Bonchev–Trinajstić information content (AvgIpc) is 1.94. The molecule has 0 bridgehead atoms. The molecule has 4 heteroatoms. The number of phenols is 1. The van der Waals surface area contributed by atoms with Gasteiger partial charge in [-0.3, -0.25) is 4.79 Å². The van der Waals surface area contributed by atoms with Crippen LogP contribution >= 0.6 is 11.6 Å². The van der Waals surface area contributed by atoms with Gasteiger partial charge in [-0.2, -0.15) is 0 Å². The second-order valence-corrected chi connectivity index (χ2v) is 2.28. The molecule has 0 aromatic heterocycles. The molecule has 0 spiro atoms. The van der Waals surface area contributed by atoms with Gasteiger partial charge in [0.05, 0.1) is 0 Å². The van der Waals surface area contributed by atoms with Crippen molar-refractivity contribution in [3.8, 4) is 5.75 Å². The highest BCUT2D eigenvalue weighted by molar-refractivity contribution is 6.67. The predicted octanol–water partition coefficient (Wildman–Crippen LogP) is 1.91. The van der Waals surface area contributed by atoms with Crippen LogP contribution < -0.4 is 0 Å². The molecule has 11 heavy (non-hydrogen) atoms. The van der Waals surface area contributed by atoms with Crippen LogP contribution in [0.3, 0.4) is 0 Å². The molecule has 1 aromatic rings. The molecule has 0 amide bonds. The number of rotatable bonds is 1. The lowest BCUT2D eigenvalue weighted by Gasteiger charge is -1.95. The molecule has 0 heterocycles. The van der Waals surface area contributed by atoms with Gasteiger partial charge in [-0.1, -0.05) is 0 Å². The Morgan fingerprint density at radius 1 is 1.55 bits per heavy atom. The lowest BCUT2D eigenvalue weighted by molar-refractivity contribution is 0.108. The van der Waals surface area contributed by atoms with Crippen LogP contribution in [0, 0.1) is 5.82 Å². The second kappa shape index (κ2) is 2.88. The van der Waals surface area contributed by atoms with Crippen LogP contribution in [0.1, 0.15) is 10.4 Å². The predicted molar refractivity (Wildman–Crippen MR) is 38.2 cm³/mol. The highest BCUT2D eigenvalue weighted by Gasteiger charge is 2.05. The third-order valence-electron chi connectivity index (χ3n) is 1.17. The number of aromatic hydroxyl groups is 1. The summed E-state index contributed by atoms with van der Waals surface area (Å²) in [6.07, 6.45) is 0. The highest BCUT2D eigenvalue weighted by atomic mass is 35.5. The minimum absolute atomic E-state index is 0.0746. The Kier molecular flexibility index (Phi) is 2.10. The quantitative estimate of drug-likeness (QED) is 0.661. The molecule has 0 radical (unpaired) electrons. The van der Waals surface area contributed by atoms with Gasteiger partial charge in [-0.25, -0.2) is 4.39 Å². The zero-order chi connectivity index (χ0) is 8.43. The van der Waals surface area contributed by atoms with Gasteiger partial charge in [0.15, 0.2) is 11.6 Å². The zero-order valence-corrected chi connectivity index (χ0v) is 6.10. The normalized spacial score (nSPS) is 9.64. The fourth-order valence-electron chi connectivity index (χ4n) is 0.635. The summed E-state index contributed by atoms with van der Waals surface area (Å²) in [5.41, 5.74) is 0.0746. The van der Waals surface area contributed by atoms with E-state index in [0.29, 0.717) is 0 Å². The molecule has 0 atom stereocenters. The lowest BCUT2D eigenvalue weighted by atomic mass is 10.2. The smallest absolute Gasteiger partial charge is 0.252 e. The molecule has 1 N–H and O–H groups in total. The van der Waals surface area contributed by atoms with Crippen LogP contribution in [0.15, 0.2) is 18.2 Å². The summed E-state index contributed by atoms with van der Waals surface area (Å²) in [6.45, 7) is 0. The Labute approximate surface area is 67.2 Å². The van der Waals surface area contributed by atoms with Crippen LogP contribution in [-0.2, 0) is 0 Å². The first-order chi connectivity index (χ1) is 5.11.